The third-order valence-electron chi connectivity index (χ3n) is 2.70. The van der Waals surface area contributed by atoms with E-state index in [1.807, 2.05) is 18.2 Å². The molecule has 0 saturated carbocycles. The molecule has 0 saturated heterocycles. The van der Waals surface area contributed by atoms with Crippen LogP contribution in [-0.2, 0) is 4.79 Å². The van der Waals surface area contributed by atoms with E-state index in [0.29, 0.717) is 11.2 Å². The second-order valence-electron chi connectivity index (χ2n) is 4.13. The molecule has 0 atom stereocenters. The van der Waals surface area contributed by atoms with Gasteiger partial charge in [0.2, 0.25) is 0 Å². The Labute approximate surface area is 102 Å². The van der Waals surface area contributed by atoms with Gasteiger partial charge in [-0.3, -0.25) is 9.59 Å². The number of imide groups is 1. The van der Waals surface area contributed by atoms with Crippen LogP contribution in [0, 0.1) is 0 Å². The van der Waals surface area contributed by atoms with Crippen molar-refractivity contribution in [3.8, 4) is 0 Å². The van der Waals surface area contributed by atoms with Gasteiger partial charge >= 0.3 is 5.91 Å². The summed E-state index contributed by atoms with van der Waals surface area (Å²) in [6.45, 7) is 1.71. The number of nitrogens with one attached hydrogen (secondary N) is 1. The number of amides is 2. The highest BCUT2D eigenvalue weighted by molar-refractivity contribution is 6.13. The first-order valence-corrected chi connectivity index (χ1v) is 5.51. The van der Waals surface area contributed by atoms with Gasteiger partial charge in [0.1, 0.15) is 0 Å². The van der Waals surface area contributed by atoms with E-state index in [4.69, 9.17) is 0 Å². The zero-order valence-electron chi connectivity index (χ0n) is 9.67. The predicted molar refractivity (Wildman–Crippen MR) is 65.0 cm³/mol. The van der Waals surface area contributed by atoms with Crippen LogP contribution in [0.4, 0.5) is 0 Å². The molecule has 18 heavy (non-hydrogen) atoms. The molecule has 2 aromatic rings. The molecule has 0 aliphatic carbocycles. The first-order chi connectivity index (χ1) is 8.65. The second kappa shape index (κ2) is 3.76. The molecule has 1 aliphatic heterocycles. The summed E-state index contributed by atoms with van der Waals surface area (Å²) < 4.78 is 0. The summed E-state index contributed by atoms with van der Waals surface area (Å²) in [5.74, 6) is -0.714. The van der Waals surface area contributed by atoms with Gasteiger partial charge in [-0.05, 0) is 19.1 Å². The Kier molecular flexibility index (Phi) is 2.22. The summed E-state index contributed by atoms with van der Waals surface area (Å²) in [5, 5.41) is 4.77. The van der Waals surface area contributed by atoms with E-state index in [1.165, 1.54) is 0 Å². The molecule has 2 heterocycles. The first-order valence-electron chi connectivity index (χ1n) is 5.51. The number of benzene rings is 1. The van der Waals surface area contributed by atoms with E-state index < -0.39 is 5.91 Å². The molecule has 3 rings (SSSR count). The number of hydrazone groups is 1. The molecule has 0 bridgehead atoms. The van der Waals surface area contributed by atoms with Crippen molar-refractivity contribution in [1.29, 1.82) is 0 Å². The Morgan fingerprint density at radius 1 is 1.39 bits per heavy atom. The van der Waals surface area contributed by atoms with E-state index in [2.05, 4.69) is 15.1 Å². The predicted octanol–water partition coefficient (Wildman–Crippen LogP) is 1.31. The molecule has 1 aliphatic rings. The van der Waals surface area contributed by atoms with Gasteiger partial charge in [-0.2, -0.15) is 10.1 Å². The van der Waals surface area contributed by atoms with Crippen LogP contribution in [0.2, 0.25) is 0 Å². The molecule has 6 nitrogen and oxygen atoms in total. The number of hydrogen-bond donors (Lipinski definition) is 1. The van der Waals surface area contributed by atoms with Crippen molar-refractivity contribution in [2.45, 2.75) is 13.3 Å². The molecule has 0 radical (unpaired) electrons. The fourth-order valence-electron chi connectivity index (χ4n) is 1.87. The smallest absolute Gasteiger partial charge is 0.317 e. The maximum Gasteiger partial charge on any atom is 0.317 e. The maximum atomic E-state index is 12.1. The Hall–Kier alpha value is -2.50. The average molecular weight is 242 g/mol. The second-order valence-corrected chi connectivity index (χ2v) is 4.13. The van der Waals surface area contributed by atoms with Crippen molar-refractivity contribution < 1.29 is 9.59 Å². The average Bonchev–Trinajstić information content (AvgIpc) is 2.91. The summed E-state index contributed by atoms with van der Waals surface area (Å²) in [7, 11) is 0. The highest BCUT2D eigenvalue weighted by atomic mass is 16.2. The number of H-pyrrole nitrogens is 1. The molecule has 1 aromatic heterocycles. The number of aromatic nitrogens is 2. The van der Waals surface area contributed by atoms with Crippen LogP contribution >= 0.6 is 0 Å². The van der Waals surface area contributed by atoms with E-state index in [-0.39, 0.29) is 18.2 Å². The van der Waals surface area contributed by atoms with Crippen LogP contribution in [0.25, 0.3) is 11.0 Å². The standard InChI is InChI=1S/C12H10N4O2/c1-7-6-10(17)16(15-7)12(18)11-13-8-4-2-3-5-9(8)14-11/h2-5H,6H2,1H3,(H,13,14). The minimum atomic E-state index is -0.520. The first kappa shape index (κ1) is 10.6. The molecular formula is C12H10N4O2. The van der Waals surface area contributed by atoms with Crippen LogP contribution in [0.1, 0.15) is 24.0 Å². The van der Waals surface area contributed by atoms with Gasteiger partial charge in [0.25, 0.3) is 5.91 Å². The minimum Gasteiger partial charge on any atom is -0.334 e. The quantitative estimate of drug-likeness (QED) is 0.766. The van der Waals surface area contributed by atoms with Crippen LogP contribution in [0.3, 0.4) is 0 Å². The lowest BCUT2D eigenvalue weighted by Crippen LogP contribution is -2.29. The molecule has 0 spiro atoms. The van der Waals surface area contributed by atoms with Gasteiger partial charge in [-0.1, -0.05) is 12.1 Å². The molecule has 0 unspecified atom stereocenters. The van der Waals surface area contributed by atoms with Crippen LogP contribution in [-0.4, -0.2) is 32.5 Å². The van der Waals surface area contributed by atoms with Crippen molar-refractivity contribution >= 4 is 28.6 Å². The van der Waals surface area contributed by atoms with E-state index in [1.54, 1.807) is 13.0 Å². The van der Waals surface area contributed by atoms with Crippen molar-refractivity contribution in [3.63, 3.8) is 0 Å². The van der Waals surface area contributed by atoms with Crippen molar-refractivity contribution in [3.05, 3.63) is 30.1 Å². The van der Waals surface area contributed by atoms with E-state index in [0.717, 1.165) is 10.5 Å². The van der Waals surface area contributed by atoms with Crippen molar-refractivity contribution in [2.24, 2.45) is 5.10 Å². The monoisotopic (exact) mass is 242 g/mol. The maximum absolute atomic E-state index is 12.1. The number of aromatic amines is 1. The van der Waals surface area contributed by atoms with Gasteiger partial charge in [-0.15, -0.1) is 0 Å². The van der Waals surface area contributed by atoms with Crippen molar-refractivity contribution in [1.82, 2.24) is 15.0 Å². The number of hydrogen-bond acceptors (Lipinski definition) is 4. The highest BCUT2D eigenvalue weighted by Crippen LogP contribution is 2.15. The zero-order valence-corrected chi connectivity index (χ0v) is 9.67. The SMILES string of the molecule is CC1=NN(C(=O)c2nc3ccccc3[nH]2)C(=O)C1. The van der Waals surface area contributed by atoms with Gasteiger partial charge < -0.3 is 4.98 Å². The minimum absolute atomic E-state index is 0.128. The van der Waals surface area contributed by atoms with Crippen molar-refractivity contribution in [2.75, 3.05) is 0 Å². The zero-order chi connectivity index (χ0) is 12.7. The summed E-state index contributed by atoms with van der Waals surface area (Å²) in [6.07, 6.45) is 0.186. The molecule has 2 amide bonds. The lowest BCUT2D eigenvalue weighted by molar-refractivity contribution is -0.126. The topological polar surface area (TPSA) is 78.4 Å². The molecule has 6 heteroatoms. The van der Waals surface area contributed by atoms with Gasteiger partial charge in [-0.25, -0.2) is 4.98 Å². The number of rotatable bonds is 1. The Balaban J connectivity index is 1.99. The fourth-order valence-corrected chi connectivity index (χ4v) is 1.87. The summed E-state index contributed by atoms with van der Waals surface area (Å²) >= 11 is 0. The molecule has 0 fully saturated rings. The fraction of sp³-hybridized carbons (Fsp3) is 0.167. The molecule has 1 aromatic carbocycles. The van der Waals surface area contributed by atoms with Gasteiger partial charge in [0.15, 0.2) is 5.82 Å². The van der Waals surface area contributed by atoms with Gasteiger partial charge in [0, 0.05) is 5.71 Å². The number of carbonyl (C=O) groups is 2. The number of carbonyl (C=O) groups excluding carboxylic acids is 2. The van der Waals surface area contributed by atoms with Crippen LogP contribution in [0.15, 0.2) is 29.4 Å². The van der Waals surface area contributed by atoms with Crippen LogP contribution < -0.4 is 0 Å². The lowest BCUT2D eigenvalue weighted by atomic mass is 10.3. The third-order valence-corrected chi connectivity index (χ3v) is 2.70. The molecule has 1 N–H and O–H groups in total. The third kappa shape index (κ3) is 1.58. The number of nitrogens with zero attached hydrogens (tertiary/aromatic N) is 3. The number of para-hydroxylation sites is 2. The lowest BCUT2D eigenvalue weighted by Gasteiger charge is -2.06. The summed E-state index contributed by atoms with van der Waals surface area (Å²) in [6, 6.07) is 7.29. The Bertz CT molecular complexity index is 653. The Morgan fingerprint density at radius 2 is 2.17 bits per heavy atom. The molecular weight excluding hydrogens is 232 g/mol. The number of fused-ring (bicyclic) bond motifs is 1. The summed E-state index contributed by atoms with van der Waals surface area (Å²) in [5.41, 5.74) is 2.07. The van der Waals surface area contributed by atoms with E-state index >= 15 is 0 Å². The number of imidazole rings is 1. The largest absolute Gasteiger partial charge is 0.334 e. The van der Waals surface area contributed by atoms with Gasteiger partial charge in [0.05, 0.1) is 17.5 Å². The van der Waals surface area contributed by atoms with Crippen LogP contribution in [0.5, 0.6) is 0 Å². The normalized spacial score (nSPS) is 15.3. The molecule has 90 valence electrons. The Morgan fingerprint density at radius 3 is 2.83 bits per heavy atom. The van der Waals surface area contributed by atoms with E-state index in [9.17, 15) is 9.59 Å². The highest BCUT2D eigenvalue weighted by Gasteiger charge is 2.30. The summed E-state index contributed by atoms with van der Waals surface area (Å²) in [4.78, 5) is 30.7.